The predicted octanol–water partition coefficient (Wildman–Crippen LogP) is 3.79. The Hall–Kier alpha value is -1.75. The van der Waals surface area contributed by atoms with E-state index in [-0.39, 0.29) is 5.69 Å². The van der Waals surface area contributed by atoms with E-state index in [0.29, 0.717) is 18.0 Å². The van der Waals surface area contributed by atoms with Gasteiger partial charge in [-0.15, -0.1) is 0 Å². The van der Waals surface area contributed by atoms with Gasteiger partial charge in [0.15, 0.2) is 0 Å². The van der Waals surface area contributed by atoms with E-state index >= 15 is 0 Å². The summed E-state index contributed by atoms with van der Waals surface area (Å²) in [5.41, 5.74) is 7.34. The van der Waals surface area contributed by atoms with E-state index in [1.165, 1.54) is 13.2 Å². The average Bonchev–Trinajstić information content (AvgIpc) is 2.40. The molecule has 0 aliphatic rings. The number of hydrogen-bond acceptors (Lipinski definition) is 3. The molecule has 0 aromatic heterocycles. The molecular formula is C14H14BrFN2O. The Kier molecular flexibility index (Phi) is 4.27. The van der Waals surface area contributed by atoms with Crippen LogP contribution in [0.25, 0.3) is 0 Å². The van der Waals surface area contributed by atoms with Gasteiger partial charge in [0.2, 0.25) is 0 Å². The summed E-state index contributed by atoms with van der Waals surface area (Å²) in [5.74, 6) is 0.0649. The molecular weight excluding hydrogens is 311 g/mol. The van der Waals surface area contributed by atoms with Crippen molar-refractivity contribution in [2.75, 3.05) is 18.2 Å². The number of rotatable bonds is 4. The van der Waals surface area contributed by atoms with Crippen LogP contribution in [0, 0.1) is 5.82 Å². The molecule has 0 heterocycles. The molecule has 100 valence electrons. The van der Waals surface area contributed by atoms with Gasteiger partial charge in [-0.05, 0) is 17.7 Å². The maximum atomic E-state index is 13.7. The van der Waals surface area contributed by atoms with Gasteiger partial charge in [0.1, 0.15) is 11.6 Å². The first kappa shape index (κ1) is 13.7. The van der Waals surface area contributed by atoms with E-state index in [2.05, 4.69) is 21.2 Å². The summed E-state index contributed by atoms with van der Waals surface area (Å²) >= 11 is 3.37. The molecule has 0 radical (unpaired) electrons. The van der Waals surface area contributed by atoms with Gasteiger partial charge in [0.05, 0.1) is 18.5 Å². The number of anilines is 2. The van der Waals surface area contributed by atoms with E-state index < -0.39 is 5.82 Å². The van der Waals surface area contributed by atoms with Crippen molar-refractivity contribution >= 4 is 27.3 Å². The van der Waals surface area contributed by atoms with Gasteiger partial charge < -0.3 is 15.8 Å². The fourth-order valence-electron chi connectivity index (χ4n) is 1.68. The van der Waals surface area contributed by atoms with Gasteiger partial charge in [-0.25, -0.2) is 4.39 Å². The highest BCUT2D eigenvalue weighted by molar-refractivity contribution is 9.10. The first-order valence-corrected chi connectivity index (χ1v) is 6.51. The number of benzene rings is 2. The minimum atomic E-state index is -0.393. The lowest BCUT2D eigenvalue weighted by Crippen LogP contribution is -2.03. The highest BCUT2D eigenvalue weighted by Gasteiger charge is 2.08. The van der Waals surface area contributed by atoms with Crippen LogP contribution in [0.5, 0.6) is 5.75 Å². The van der Waals surface area contributed by atoms with E-state index in [9.17, 15) is 4.39 Å². The van der Waals surface area contributed by atoms with Crippen molar-refractivity contribution < 1.29 is 9.13 Å². The van der Waals surface area contributed by atoms with E-state index in [1.54, 1.807) is 6.07 Å². The largest absolute Gasteiger partial charge is 0.495 e. The lowest BCUT2D eigenvalue weighted by atomic mass is 10.2. The number of hydrogen-bond donors (Lipinski definition) is 2. The summed E-state index contributed by atoms with van der Waals surface area (Å²) in [4.78, 5) is 0. The first-order valence-electron chi connectivity index (χ1n) is 5.71. The molecule has 5 heteroatoms. The second-order valence-corrected chi connectivity index (χ2v) is 4.97. The fraction of sp³-hybridized carbons (Fsp3) is 0.143. The van der Waals surface area contributed by atoms with Gasteiger partial charge in [-0.3, -0.25) is 0 Å². The van der Waals surface area contributed by atoms with Crippen LogP contribution < -0.4 is 15.8 Å². The number of halogens is 2. The lowest BCUT2D eigenvalue weighted by molar-refractivity contribution is 0.416. The summed E-state index contributed by atoms with van der Waals surface area (Å²) in [6, 6.07) is 10.6. The molecule has 0 aliphatic heterocycles. The molecule has 19 heavy (non-hydrogen) atoms. The zero-order valence-electron chi connectivity index (χ0n) is 10.4. The number of nitrogens with one attached hydrogen (secondary N) is 1. The average molecular weight is 325 g/mol. The molecule has 0 unspecified atom stereocenters. The summed E-state index contributed by atoms with van der Waals surface area (Å²) in [6.45, 7) is 0.525. The predicted molar refractivity (Wildman–Crippen MR) is 78.8 cm³/mol. The standard InChI is InChI=1S/C14H14BrFN2O/c1-19-14-7-13(11(16)6-12(14)17)18-8-9-2-4-10(15)5-3-9/h2-7,18H,8,17H2,1H3. The van der Waals surface area contributed by atoms with Crippen LogP contribution in [0.1, 0.15) is 5.56 Å². The Labute approximate surface area is 119 Å². The summed E-state index contributed by atoms with van der Waals surface area (Å²) < 4.78 is 19.8. The number of nitrogens with two attached hydrogens (primary N) is 1. The maximum Gasteiger partial charge on any atom is 0.148 e. The maximum absolute atomic E-state index is 13.7. The Morgan fingerprint density at radius 3 is 2.58 bits per heavy atom. The molecule has 0 atom stereocenters. The SMILES string of the molecule is COc1cc(NCc2ccc(Br)cc2)c(F)cc1N. The van der Waals surface area contributed by atoms with Gasteiger partial charge >= 0.3 is 0 Å². The van der Waals surface area contributed by atoms with Crippen LogP contribution in [0.2, 0.25) is 0 Å². The monoisotopic (exact) mass is 324 g/mol. The molecule has 0 amide bonds. The highest BCUT2D eigenvalue weighted by Crippen LogP contribution is 2.28. The molecule has 0 aliphatic carbocycles. The van der Waals surface area contributed by atoms with E-state index in [1.807, 2.05) is 24.3 Å². The minimum Gasteiger partial charge on any atom is -0.495 e. The third kappa shape index (κ3) is 3.38. The van der Waals surface area contributed by atoms with Gasteiger partial charge in [-0.1, -0.05) is 28.1 Å². The minimum absolute atomic E-state index is 0.286. The van der Waals surface area contributed by atoms with Crippen LogP contribution in [0.3, 0.4) is 0 Å². The third-order valence-electron chi connectivity index (χ3n) is 2.72. The van der Waals surface area contributed by atoms with Crippen LogP contribution in [-0.2, 0) is 6.54 Å². The van der Waals surface area contributed by atoms with Gasteiger partial charge in [-0.2, -0.15) is 0 Å². The number of methoxy groups -OCH3 is 1. The Balaban J connectivity index is 2.13. The molecule has 3 N–H and O–H groups in total. The Morgan fingerprint density at radius 1 is 1.26 bits per heavy atom. The van der Waals surface area contributed by atoms with Crippen LogP contribution in [0.15, 0.2) is 40.9 Å². The van der Waals surface area contributed by atoms with Crippen LogP contribution in [-0.4, -0.2) is 7.11 Å². The molecule has 0 bridgehead atoms. The van der Waals surface area contributed by atoms with Crippen molar-refractivity contribution in [2.45, 2.75) is 6.54 Å². The lowest BCUT2D eigenvalue weighted by Gasteiger charge is -2.11. The number of nitrogen functional groups attached to an aromatic ring is 1. The van der Waals surface area contributed by atoms with Crippen molar-refractivity contribution in [3.63, 3.8) is 0 Å². The van der Waals surface area contributed by atoms with Crippen molar-refractivity contribution in [1.29, 1.82) is 0 Å². The summed E-state index contributed by atoms with van der Waals surface area (Å²) in [6.07, 6.45) is 0. The molecule has 0 fully saturated rings. The molecule has 2 aromatic rings. The van der Waals surface area contributed by atoms with Crippen molar-refractivity contribution in [1.82, 2.24) is 0 Å². The summed E-state index contributed by atoms with van der Waals surface area (Å²) in [5, 5.41) is 3.02. The second-order valence-electron chi connectivity index (χ2n) is 4.05. The van der Waals surface area contributed by atoms with Crippen molar-refractivity contribution in [3.8, 4) is 5.75 Å². The molecule has 0 saturated heterocycles. The Morgan fingerprint density at radius 2 is 1.95 bits per heavy atom. The second kappa shape index (κ2) is 5.93. The molecule has 2 rings (SSSR count). The van der Waals surface area contributed by atoms with Crippen LogP contribution >= 0.6 is 15.9 Å². The summed E-state index contributed by atoms with van der Waals surface area (Å²) in [7, 11) is 1.50. The molecule has 0 spiro atoms. The number of ether oxygens (including phenoxy) is 1. The first-order chi connectivity index (χ1) is 9.10. The topological polar surface area (TPSA) is 47.3 Å². The van der Waals surface area contributed by atoms with E-state index in [4.69, 9.17) is 10.5 Å². The van der Waals surface area contributed by atoms with Gasteiger partial charge in [0.25, 0.3) is 0 Å². The normalized spacial score (nSPS) is 10.3. The smallest absolute Gasteiger partial charge is 0.148 e. The van der Waals surface area contributed by atoms with Crippen molar-refractivity contribution in [3.05, 3.63) is 52.3 Å². The Bertz CT molecular complexity index is 572. The van der Waals surface area contributed by atoms with Gasteiger partial charge in [0, 0.05) is 23.2 Å². The molecule has 0 saturated carbocycles. The third-order valence-corrected chi connectivity index (χ3v) is 3.24. The highest BCUT2D eigenvalue weighted by atomic mass is 79.9. The van der Waals surface area contributed by atoms with Crippen molar-refractivity contribution in [2.24, 2.45) is 0 Å². The zero-order chi connectivity index (χ0) is 13.8. The fourth-order valence-corrected chi connectivity index (χ4v) is 1.94. The van der Waals surface area contributed by atoms with Crippen LogP contribution in [0.4, 0.5) is 15.8 Å². The molecule has 2 aromatic carbocycles. The quantitative estimate of drug-likeness (QED) is 0.841. The van der Waals surface area contributed by atoms with E-state index in [0.717, 1.165) is 10.0 Å². The molecule has 3 nitrogen and oxygen atoms in total. The zero-order valence-corrected chi connectivity index (χ0v) is 12.0.